The molecule has 2 fully saturated rings. The average Bonchev–Trinajstić information content (AvgIpc) is 3.23. The fourth-order valence-corrected chi connectivity index (χ4v) is 5.67. The van der Waals surface area contributed by atoms with Gasteiger partial charge in [0.25, 0.3) is 0 Å². The van der Waals surface area contributed by atoms with Crippen molar-refractivity contribution in [2.24, 2.45) is 11.7 Å². The number of pyridine rings is 1. The third kappa shape index (κ3) is 4.41. The van der Waals surface area contributed by atoms with E-state index in [-0.39, 0.29) is 35.1 Å². The molecule has 1 aliphatic carbocycles. The van der Waals surface area contributed by atoms with Crippen molar-refractivity contribution in [3.8, 4) is 11.3 Å². The zero-order chi connectivity index (χ0) is 25.7. The molecule has 0 amide bonds. The lowest BCUT2D eigenvalue weighted by Crippen LogP contribution is -2.44. The summed E-state index contributed by atoms with van der Waals surface area (Å²) in [5.74, 6) is -0.330. The van der Waals surface area contributed by atoms with E-state index in [2.05, 4.69) is 15.1 Å². The minimum atomic E-state index is -0.644. The Morgan fingerprint density at radius 2 is 1.86 bits per heavy atom. The predicted octanol–water partition coefficient (Wildman–Crippen LogP) is 3.98. The van der Waals surface area contributed by atoms with Crippen LogP contribution in [0.5, 0.6) is 0 Å². The monoisotopic (exact) mass is 505 g/mol. The number of fused-ring (bicyclic) bond motifs is 1. The Hall–Kier alpha value is -3.27. The van der Waals surface area contributed by atoms with Gasteiger partial charge in [-0.25, -0.2) is 18.3 Å². The van der Waals surface area contributed by atoms with Gasteiger partial charge in [0, 0.05) is 30.8 Å². The lowest BCUT2D eigenvalue weighted by molar-refractivity contribution is 0.00822. The van der Waals surface area contributed by atoms with Crippen molar-refractivity contribution in [2.75, 3.05) is 13.2 Å². The summed E-state index contributed by atoms with van der Waals surface area (Å²) < 4.78 is 36.9. The Kier molecular flexibility index (Phi) is 6.22. The lowest BCUT2D eigenvalue weighted by Gasteiger charge is -2.36. The number of nitrogens with two attached hydrogens (primary N) is 1. The first-order valence-corrected chi connectivity index (χ1v) is 12.7. The number of aliphatic hydroxyl groups is 1. The van der Waals surface area contributed by atoms with E-state index < -0.39 is 17.7 Å². The number of nitrogens with zero attached hydrogens (tertiary/aromatic N) is 4. The summed E-state index contributed by atoms with van der Waals surface area (Å²) in [6.45, 7) is 2.97. The molecule has 6 rings (SSSR count). The van der Waals surface area contributed by atoms with E-state index in [1.807, 2.05) is 19.2 Å². The molecule has 7 nitrogen and oxygen atoms in total. The van der Waals surface area contributed by atoms with Crippen LogP contribution in [0.15, 0.2) is 48.9 Å². The van der Waals surface area contributed by atoms with Crippen LogP contribution < -0.4 is 5.73 Å². The van der Waals surface area contributed by atoms with Gasteiger partial charge in [-0.05, 0) is 71.7 Å². The molecule has 0 bridgehead atoms. The first-order chi connectivity index (χ1) is 17.9. The number of hydrogen-bond acceptors (Lipinski definition) is 6. The minimum Gasteiger partial charge on any atom is -0.391 e. The summed E-state index contributed by atoms with van der Waals surface area (Å²) in [6, 6.07) is 7.85. The average molecular weight is 506 g/mol. The molecule has 0 unspecified atom stereocenters. The van der Waals surface area contributed by atoms with Gasteiger partial charge in [-0.2, -0.15) is 5.10 Å². The number of hydrogen-bond donors (Lipinski definition) is 2. The number of aliphatic hydroxyl groups excluding tert-OH is 1. The molecule has 3 N–H and O–H groups in total. The highest BCUT2D eigenvalue weighted by atomic mass is 19.1. The normalized spacial score (nSPS) is 24.4. The Labute approximate surface area is 213 Å². The highest BCUT2D eigenvalue weighted by molar-refractivity contribution is 5.63. The second kappa shape index (κ2) is 9.55. The Bertz CT molecular complexity index is 1420. The van der Waals surface area contributed by atoms with E-state index in [1.165, 1.54) is 12.1 Å². The van der Waals surface area contributed by atoms with Crippen LogP contribution in [0.4, 0.5) is 8.78 Å². The molecule has 0 radical (unpaired) electrons. The summed E-state index contributed by atoms with van der Waals surface area (Å²) in [4.78, 5) is 8.89. The smallest absolute Gasteiger partial charge is 0.135 e. The van der Waals surface area contributed by atoms with Crippen molar-refractivity contribution in [3.63, 3.8) is 0 Å². The Morgan fingerprint density at radius 1 is 1.08 bits per heavy atom. The second-order valence-electron chi connectivity index (χ2n) is 10.4. The molecule has 2 aliphatic rings. The molecule has 0 spiro atoms. The van der Waals surface area contributed by atoms with E-state index in [4.69, 9.17) is 10.5 Å². The van der Waals surface area contributed by atoms with Crippen LogP contribution in [0.1, 0.15) is 54.1 Å². The fourth-order valence-electron chi connectivity index (χ4n) is 5.67. The molecule has 4 atom stereocenters. The van der Waals surface area contributed by atoms with Crippen molar-refractivity contribution in [2.45, 2.75) is 50.2 Å². The zero-order valence-electron chi connectivity index (χ0n) is 20.5. The van der Waals surface area contributed by atoms with Crippen LogP contribution in [0.3, 0.4) is 0 Å². The second-order valence-corrected chi connectivity index (χ2v) is 10.4. The van der Waals surface area contributed by atoms with Gasteiger partial charge in [0.2, 0.25) is 0 Å². The van der Waals surface area contributed by atoms with Crippen molar-refractivity contribution in [1.82, 2.24) is 19.6 Å². The van der Waals surface area contributed by atoms with Crippen molar-refractivity contribution >= 4 is 5.52 Å². The third-order valence-corrected chi connectivity index (χ3v) is 7.85. The largest absolute Gasteiger partial charge is 0.391 e. The van der Waals surface area contributed by atoms with Crippen LogP contribution in [0.2, 0.25) is 0 Å². The van der Waals surface area contributed by atoms with E-state index in [1.54, 1.807) is 29.0 Å². The Morgan fingerprint density at radius 3 is 2.57 bits per heavy atom. The quantitative estimate of drug-likeness (QED) is 0.426. The minimum absolute atomic E-state index is 0.0207. The van der Waals surface area contributed by atoms with Crippen LogP contribution in [0, 0.1) is 17.6 Å². The van der Waals surface area contributed by atoms with Crippen molar-refractivity contribution < 1.29 is 18.6 Å². The molecule has 3 aromatic heterocycles. The highest BCUT2D eigenvalue weighted by Crippen LogP contribution is 2.37. The number of ether oxygens (including phenoxy) is 1. The van der Waals surface area contributed by atoms with Gasteiger partial charge < -0.3 is 15.6 Å². The van der Waals surface area contributed by atoms with Crippen LogP contribution in [0.25, 0.3) is 16.8 Å². The van der Waals surface area contributed by atoms with Crippen LogP contribution in [-0.4, -0.2) is 50.0 Å². The molecule has 192 valence electrons. The summed E-state index contributed by atoms with van der Waals surface area (Å²) >= 11 is 0. The molecule has 4 heterocycles. The van der Waals surface area contributed by atoms with Crippen molar-refractivity contribution in [1.29, 1.82) is 0 Å². The number of benzene rings is 1. The van der Waals surface area contributed by atoms with Crippen molar-refractivity contribution in [3.05, 3.63) is 83.1 Å². The van der Waals surface area contributed by atoms with Crippen LogP contribution >= 0.6 is 0 Å². The summed E-state index contributed by atoms with van der Waals surface area (Å²) in [5.41, 5.74) is 9.72. The number of rotatable bonds is 5. The fraction of sp³-hybridized carbons (Fsp3) is 0.393. The first kappa shape index (κ1) is 24.1. The molecule has 37 heavy (non-hydrogen) atoms. The van der Waals surface area contributed by atoms with Gasteiger partial charge in [0.1, 0.15) is 17.5 Å². The maximum Gasteiger partial charge on any atom is 0.135 e. The summed E-state index contributed by atoms with van der Waals surface area (Å²) in [6.07, 6.45) is 6.75. The van der Waals surface area contributed by atoms with Gasteiger partial charge in [-0.3, -0.25) is 4.98 Å². The molecule has 1 saturated heterocycles. The van der Waals surface area contributed by atoms with E-state index in [9.17, 15) is 5.11 Å². The summed E-state index contributed by atoms with van der Waals surface area (Å²) in [5, 5.41) is 14.9. The zero-order valence-corrected chi connectivity index (χ0v) is 20.5. The molecule has 9 heteroatoms. The van der Waals surface area contributed by atoms with Gasteiger partial charge in [-0.15, -0.1) is 0 Å². The molecule has 1 aromatic carbocycles. The molecule has 1 saturated carbocycles. The Balaban J connectivity index is 1.33. The highest BCUT2D eigenvalue weighted by Gasteiger charge is 2.34. The SMILES string of the molecule is C[C@H]1C[C@@H](c2ccncc2Cc2ncc3ccc(-c4c(F)cc(C5COC5)cc4F)nn23)C[C@@H](N)[C@H]1O. The predicted molar refractivity (Wildman–Crippen MR) is 134 cm³/mol. The third-order valence-electron chi connectivity index (χ3n) is 7.85. The molecular weight excluding hydrogens is 476 g/mol. The molecule has 4 aromatic rings. The van der Waals surface area contributed by atoms with E-state index >= 15 is 8.78 Å². The maximum atomic E-state index is 15.1. The van der Waals surface area contributed by atoms with Gasteiger partial charge >= 0.3 is 0 Å². The topological polar surface area (TPSA) is 98.6 Å². The van der Waals surface area contributed by atoms with Crippen LogP contribution in [-0.2, 0) is 11.2 Å². The molecule has 1 aliphatic heterocycles. The number of aromatic nitrogens is 4. The summed E-state index contributed by atoms with van der Waals surface area (Å²) in [7, 11) is 0. The number of halogens is 2. The van der Waals surface area contributed by atoms with Gasteiger partial charge in [0.05, 0.1) is 42.3 Å². The van der Waals surface area contributed by atoms with Gasteiger partial charge in [-0.1, -0.05) is 6.92 Å². The molecular formula is C28H29F2N5O2. The maximum absolute atomic E-state index is 15.1. The lowest BCUT2D eigenvalue weighted by atomic mass is 9.74. The van der Waals surface area contributed by atoms with E-state index in [0.717, 1.165) is 23.1 Å². The number of imidazole rings is 1. The van der Waals surface area contributed by atoms with Gasteiger partial charge in [0.15, 0.2) is 0 Å². The standard InChI is InChI=1S/C28H29F2N5O2/c1-15-6-17(9-24(31)28(15)36)21-4-5-32-11-18(21)10-26-33-12-20-2-3-25(34-35(20)26)27-22(29)7-16(8-23(27)30)19-13-37-14-19/h2-5,7-8,11-12,15,17,19,24,28,36H,6,9-10,13-14,31H2,1H3/t15-,17+,24+,28-/m0/s1. The first-order valence-electron chi connectivity index (χ1n) is 12.7. The van der Waals surface area contributed by atoms with E-state index in [0.29, 0.717) is 37.4 Å².